The molecule has 27 nitrogen and oxygen atoms in total. The number of nitrogens with one attached hydrogen (secondary N) is 4. The van der Waals surface area contributed by atoms with Crippen LogP contribution < -0.4 is 30.7 Å². The highest BCUT2D eigenvalue weighted by atomic mass is 35.5. The predicted molar refractivity (Wildman–Crippen MR) is 489 cm³/mol. The highest BCUT2D eigenvalue weighted by Crippen LogP contribution is 2.43. The van der Waals surface area contributed by atoms with Gasteiger partial charge in [-0.25, -0.2) is 4.85 Å². The van der Waals surface area contributed by atoms with Gasteiger partial charge in [0.15, 0.2) is 5.69 Å². The Bertz CT molecular complexity index is 6360. The van der Waals surface area contributed by atoms with E-state index < -0.39 is 57.4 Å². The molecule has 0 radical (unpaired) electrons. The molecule has 128 heavy (non-hydrogen) atoms. The molecule has 5 unspecified atom stereocenters. The normalized spacial score (nSPS) is 18.5. The van der Waals surface area contributed by atoms with E-state index in [0.717, 1.165) is 77.0 Å². The Morgan fingerprint density at radius 1 is 0.453 bits per heavy atom. The number of rotatable bonds is 23. The quantitative estimate of drug-likeness (QED) is 0.0276. The third-order valence-electron chi connectivity index (χ3n) is 25.0. The van der Waals surface area contributed by atoms with Crippen molar-refractivity contribution < 1.29 is 87.2 Å². The fourth-order valence-electron chi connectivity index (χ4n) is 17.2. The van der Waals surface area contributed by atoms with Gasteiger partial charge in [0.05, 0.1) is 125 Å². The molecule has 4 aliphatic rings. The zero-order chi connectivity index (χ0) is 92.2. The van der Waals surface area contributed by atoms with Crippen molar-refractivity contribution in [2.24, 2.45) is 28.2 Å². The number of aliphatic carboxylic acids is 4. The van der Waals surface area contributed by atoms with Crippen molar-refractivity contribution in [1.29, 1.82) is 0 Å². The molecule has 0 aliphatic carbocycles. The number of aromatic nitrogens is 4. The average molecular weight is 1820 g/mol. The van der Waals surface area contributed by atoms with E-state index in [1.54, 1.807) is 115 Å². The Morgan fingerprint density at radius 3 is 1.11 bits per heavy atom. The van der Waals surface area contributed by atoms with Crippen LogP contribution in [0.5, 0.6) is 11.5 Å². The lowest BCUT2D eigenvalue weighted by atomic mass is 9.82. The number of carboxylic acid groups (broad SMARTS) is 4. The highest BCUT2D eigenvalue weighted by Gasteiger charge is 2.45. The summed E-state index contributed by atoms with van der Waals surface area (Å²) in [5.41, 5.74) is 9.51. The molecule has 4 amide bonds. The molecule has 4 saturated heterocycles. The number of nitrogens with zero attached hydrogens (tertiary/aromatic N) is 5. The van der Waals surface area contributed by atoms with Gasteiger partial charge in [-0.2, -0.15) is 0 Å². The lowest BCUT2D eigenvalue weighted by molar-refractivity contribution is -0.142. The minimum Gasteiger partial charge on any atom is -0.495 e. The third kappa shape index (κ3) is 18.6. The number of aryl methyl sites for hydroxylation is 6. The van der Waals surface area contributed by atoms with Gasteiger partial charge >= 0.3 is 23.9 Å². The zero-order valence-corrected chi connectivity index (χ0v) is 75.5. The average Bonchev–Trinajstić information content (AvgIpc) is 1.51. The molecule has 4 aromatic heterocycles. The van der Waals surface area contributed by atoms with E-state index in [9.17, 15) is 48.6 Å². The molecule has 5 atom stereocenters. The first kappa shape index (κ1) is 93.4. The molecule has 0 bridgehead atoms. The number of fused-ring (bicyclic) bond motifs is 4. The zero-order valence-electron chi connectivity index (χ0n) is 72.5. The number of hydrogen-bond donors (Lipinski definition) is 8. The van der Waals surface area contributed by atoms with Crippen molar-refractivity contribution in [2.75, 3.05) is 67.1 Å². The van der Waals surface area contributed by atoms with Crippen molar-refractivity contribution in [3.63, 3.8) is 0 Å². The van der Waals surface area contributed by atoms with E-state index in [1.807, 2.05) is 145 Å². The summed E-state index contributed by atoms with van der Waals surface area (Å²) in [4.78, 5) is 102. The van der Waals surface area contributed by atoms with Gasteiger partial charge in [0, 0.05) is 106 Å². The SMILES string of the molecule is CCC(C(=O)O)c1ccc(C2(NC(=O)c3cc4c(Cl)c(C)ccc4n3C)CCOC2)cc1.COc1ccc2c(cc(C(=O)NC3(c4ccc(C(C)(C)C(=O)O)cc4)CCOC3)n2C)c1Cl.COc1ccc2c(cc(C(=O)NC3(c4ccc(CC(=O)O)cc4)CCOC3)n2C)c1Cl.[C-]#[N+]c1cc(CC(=O)O)ccc1C1(NC(=O)c2cc3c(Cl)c(C)ccc3n2C)CCOC1. The van der Waals surface area contributed by atoms with Crippen molar-refractivity contribution in [3.05, 3.63) is 274 Å². The molecule has 8 N–H and O–H groups in total. The first-order chi connectivity index (χ1) is 61.0. The number of hydrogen-bond acceptors (Lipinski definition) is 14. The lowest BCUT2D eigenvalue weighted by Crippen LogP contribution is -2.47. The Kier molecular flexibility index (Phi) is 28.0. The molecule has 16 rings (SSSR count). The van der Waals surface area contributed by atoms with E-state index in [4.69, 9.17) is 91.6 Å². The van der Waals surface area contributed by atoms with Crippen LogP contribution >= 0.6 is 46.4 Å². The van der Waals surface area contributed by atoms with Gasteiger partial charge in [-0.15, -0.1) is 0 Å². The summed E-state index contributed by atoms with van der Waals surface area (Å²) in [5.74, 6) is -4.02. The van der Waals surface area contributed by atoms with Crippen LogP contribution in [0.15, 0.2) is 164 Å². The fraction of sp³-hybridized carbons (Fsp3) is 0.330. The molecule has 8 heterocycles. The van der Waals surface area contributed by atoms with Gasteiger partial charge in [-0.1, -0.05) is 156 Å². The molecule has 0 saturated carbocycles. The van der Waals surface area contributed by atoms with Crippen molar-refractivity contribution in [1.82, 2.24) is 39.5 Å². The third-order valence-corrected chi connectivity index (χ3v) is 26.8. The standard InChI is InChI=1S/C25H27ClN2O5.C25H27ClN2O4.C24H22ClN3O4.C23H23ClN2O5/c1-24(2,23(30)31)15-5-7-16(8-6-15)25(11-12-33-14-25)27-22(29)19-13-17-18(28(19)3)9-10-20(32-4)21(17)26;1-4-18(24(30)31)16-6-8-17(9-7-16)25(11-12-32-14-25)27-23(29)21-13-19-20(28(21)3)10-5-15(2)22(19)26;1-14-4-7-19-16(22(14)25)12-20(28(19)3)23(31)27-24(8-9-32-13-24)17-6-5-15(11-21(29)30)10-18(17)26-2;1-26-17-7-8-19(30-2)21(24)16(17)12-18(26)22(29)25-23(9-10-31-13-23)15-5-3-14(4-6-15)11-20(27)28/h5-10,13H,11-12,14H2,1-4H3,(H,27,29)(H,30,31);5-10,13,18H,4,11-12,14H2,1-3H3,(H,27,29)(H,30,31);4-7,10,12H,8-9,11,13H2,1,3H3,(H,27,31)(H,29,30);3-8,12H,9-11,13H2,1-2H3,(H,25,29)(H,27,28). The number of ether oxygens (including phenoxy) is 6. The largest absolute Gasteiger partial charge is 0.495 e. The number of carboxylic acids is 4. The second-order valence-electron chi connectivity index (χ2n) is 33.2. The van der Waals surface area contributed by atoms with Crippen LogP contribution in [-0.2, 0) is 107 Å². The van der Waals surface area contributed by atoms with Crippen LogP contribution in [0.25, 0.3) is 48.5 Å². The number of methoxy groups -OCH3 is 2. The summed E-state index contributed by atoms with van der Waals surface area (Å²) < 4.78 is 40.4. The van der Waals surface area contributed by atoms with Crippen LogP contribution in [0.4, 0.5) is 5.69 Å². The number of carbonyl (C=O) groups is 8. The monoisotopic (exact) mass is 1820 g/mol. The lowest BCUT2D eigenvalue weighted by Gasteiger charge is -2.31. The maximum absolute atomic E-state index is 13.4. The van der Waals surface area contributed by atoms with Crippen molar-refractivity contribution >= 4 is 143 Å². The first-order valence-corrected chi connectivity index (χ1v) is 42.9. The van der Waals surface area contributed by atoms with Gasteiger partial charge in [0.2, 0.25) is 0 Å². The second kappa shape index (κ2) is 38.4. The fourth-order valence-corrected chi connectivity index (χ4v) is 18.2. The summed E-state index contributed by atoms with van der Waals surface area (Å²) in [6.45, 7) is 19.9. The number of amides is 4. The number of carbonyl (C=O) groups excluding carboxylic acids is 4. The van der Waals surface area contributed by atoms with E-state index in [1.165, 1.54) is 0 Å². The van der Waals surface area contributed by atoms with Gasteiger partial charge in [-0.05, 0) is 157 Å². The van der Waals surface area contributed by atoms with Gasteiger partial charge in [0.1, 0.15) is 34.3 Å². The minimum absolute atomic E-state index is 0.0453. The Hall–Kier alpha value is -12.2. The summed E-state index contributed by atoms with van der Waals surface area (Å²) in [6.07, 6.45) is 2.67. The first-order valence-electron chi connectivity index (χ1n) is 41.4. The summed E-state index contributed by atoms with van der Waals surface area (Å²) >= 11 is 25.8. The van der Waals surface area contributed by atoms with Crippen LogP contribution in [0, 0.1) is 20.4 Å². The number of halogens is 4. The maximum atomic E-state index is 13.4. The molecule has 0 spiro atoms. The van der Waals surface area contributed by atoms with E-state index in [-0.39, 0.29) is 43.1 Å². The molecule has 4 aliphatic heterocycles. The molecular formula is C97H99Cl4N9O18. The van der Waals surface area contributed by atoms with Crippen LogP contribution in [0.3, 0.4) is 0 Å². The van der Waals surface area contributed by atoms with E-state index in [2.05, 4.69) is 26.1 Å². The molecule has 12 aromatic rings. The van der Waals surface area contributed by atoms with E-state index in [0.29, 0.717) is 161 Å². The van der Waals surface area contributed by atoms with E-state index >= 15 is 0 Å². The minimum atomic E-state index is -1.01. The molecule has 4 fully saturated rings. The van der Waals surface area contributed by atoms with Gasteiger partial charge in [-0.3, -0.25) is 38.4 Å². The molecule has 31 heteroatoms. The van der Waals surface area contributed by atoms with Crippen LogP contribution in [0.1, 0.15) is 156 Å². The molecular weight excluding hydrogens is 1720 g/mol. The smallest absolute Gasteiger partial charge is 0.313 e. The Morgan fingerprint density at radius 2 is 0.781 bits per heavy atom. The summed E-state index contributed by atoms with van der Waals surface area (Å²) in [6, 6.07) is 49.2. The predicted octanol–water partition coefficient (Wildman–Crippen LogP) is 16.9. The van der Waals surface area contributed by atoms with Gasteiger partial charge < -0.3 is 88.4 Å². The maximum Gasteiger partial charge on any atom is 0.313 e. The summed E-state index contributed by atoms with van der Waals surface area (Å²) in [5, 5.41) is 55.0. The van der Waals surface area contributed by atoms with Gasteiger partial charge in [0.25, 0.3) is 23.6 Å². The highest BCUT2D eigenvalue weighted by molar-refractivity contribution is 6.38. The number of benzene rings is 8. The van der Waals surface area contributed by atoms with Crippen LogP contribution in [-0.4, -0.2) is 153 Å². The topological polar surface area (TPSA) is 345 Å². The molecule has 8 aromatic carbocycles. The molecule has 668 valence electrons. The Balaban J connectivity index is 0.000000146. The second-order valence-corrected chi connectivity index (χ2v) is 34.7. The van der Waals surface area contributed by atoms with Crippen molar-refractivity contribution in [3.8, 4) is 11.5 Å². The summed E-state index contributed by atoms with van der Waals surface area (Å²) in [7, 11) is 10.4. The Labute approximate surface area is 758 Å². The van der Waals surface area contributed by atoms with Crippen LogP contribution in [0.2, 0.25) is 20.1 Å². The van der Waals surface area contributed by atoms with Crippen molar-refractivity contribution in [2.45, 2.75) is 113 Å².